The highest BCUT2D eigenvalue weighted by Gasteiger charge is 2.10. The molecule has 0 aliphatic heterocycles. The number of hydrogen-bond acceptors (Lipinski definition) is 1. The maximum atomic E-state index is 6.32. The Morgan fingerprint density at radius 3 is 2.25 bits per heavy atom. The third-order valence-corrected chi connectivity index (χ3v) is 3.14. The molecule has 16 heavy (non-hydrogen) atoms. The molecule has 1 aromatic rings. The van der Waals surface area contributed by atoms with Gasteiger partial charge in [-0.15, -0.1) is 0 Å². The first-order valence-electron chi connectivity index (χ1n) is 5.91. The van der Waals surface area contributed by atoms with E-state index in [9.17, 15) is 0 Å². The summed E-state index contributed by atoms with van der Waals surface area (Å²) < 4.78 is 0. The van der Waals surface area contributed by atoms with E-state index in [1.54, 1.807) is 0 Å². The average Bonchev–Trinajstić information content (AvgIpc) is 2.16. The molecular formula is C14H22ClN. The lowest BCUT2D eigenvalue weighted by Gasteiger charge is -2.17. The molecule has 1 nitrogen and oxygen atoms in total. The van der Waals surface area contributed by atoms with E-state index >= 15 is 0 Å². The van der Waals surface area contributed by atoms with Gasteiger partial charge in [-0.1, -0.05) is 38.4 Å². The van der Waals surface area contributed by atoms with E-state index in [4.69, 9.17) is 11.6 Å². The monoisotopic (exact) mass is 239 g/mol. The lowest BCUT2D eigenvalue weighted by Crippen LogP contribution is -2.12. The molecule has 0 bridgehead atoms. The van der Waals surface area contributed by atoms with Gasteiger partial charge in [0.15, 0.2) is 0 Å². The van der Waals surface area contributed by atoms with Crippen molar-refractivity contribution in [2.75, 3.05) is 14.1 Å². The van der Waals surface area contributed by atoms with Gasteiger partial charge in [-0.25, -0.2) is 0 Å². The molecule has 0 N–H and O–H groups in total. The molecule has 0 saturated carbocycles. The van der Waals surface area contributed by atoms with Crippen molar-refractivity contribution in [3.05, 3.63) is 33.8 Å². The Morgan fingerprint density at radius 1 is 1.19 bits per heavy atom. The first-order valence-corrected chi connectivity index (χ1v) is 6.29. The lowest BCUT2D eigenvalue weighted by molar-refractivity contribution is 0.401. The molecule has 90 valence electrons. The van der Waals surface area contributed by atoms with Crippen LogP contribution in [0.25, 0.3) is 0 Å². The third-order valence-electron chi connectivity index (χ3n) is 2.81. The van der Waals surface area contributed by atoms with Crippen LogP contribution >= 0.6 is 11.6 Å². The Kier molecular flexibility index (Phi) is 4.82. The Morgan fingerprint density at radius 2 is 1.81 bits per heavy atom. The smallest absolute Gasteiger partial charge is 0.0444 e. The predicted octanol–water partition coefficient (Wildman–Crippen LogP) is 4.09. The maximum Gasteiger partial charge on any atom is 0.0444 e. The summed E-state index contributed by atoms with van der Waals surface area (Å²) in [6.07, 6.45) is 1.07. The second-order valence-corrected chi connectivity index (χ2v) is 5.30. The summed E-state index contributed by atoms with van der Waals surface area (Å²) >= 11 is 6.32. The van der Waals surface area contributed by atoms with E-state index in [1.807, 2.05) is 0 Å². The number of halogens is 1. The van der Waals surface area contributed by atoms with E-state index in [2.05, 4.69) is 51.9 Å². The summed E-state index contributed by atoms with van der Waals surface area (Å²) in [5, 5.41) is 0.907. The predicted molar refractivity (Wildman–Crippen MR) is 72.3 cm³/mol. The Bertz CT molecular complexity index is 356. The zero-order chi connectivity index (χ0) is 12.3. The first kappa shape index (κ1) is 13.5. The van der Waals surface area contributed by atoms with Gasteiger partial charge in [0, 0.05) is 11.6 Å². The second-order valence-electron chi connectivity index (χ2n) is 4.89. The van der Waals surface area contributed by atoms with Gasteiger partial charge in [-0.05, 0) is 49.2 Å². The molecule has 0 fully saturated rings. The molecule has 2 heteroatoms. The molecule has 1 rings (SSSR count). The van der Waals surface area contributed by atoms with Gasteiger partial charge in [0.1, 0.15) is 0 Å². The summed E-state index contributed by atoms with van der Waals surface area (Å²) in [6, 6.07) is 4.40. The fourth-order valence-corrected chi connectivity index (χ4v) is 2.34. The van der Waals surface area contributed by atoms with Crippen LogP contribution in [0.3, 0.4) is 0 Å². The number of benzene rings is 1. The molecule has 0 spiro atoms. The maximum absolute atomic E-state index is 6.32. The normalized spacial score (nSPS) is 11.5. The van der Waals surface area contributed by atoms with Gasteiger partial charge in [-0.2, -0.15) is 0 Å². The molecule has 0 atom stereocenters. The zero-order valence-corrected chi connectivity index (χ0v) is 11.7. The quantitative estimate of drug-likeness (QED) is 0.765. The van der Waals surface area contributed by atoms with Gasteiger partial charge in [-0.3, -0.25) is 0 Å². The van der Waals surface area contributed by atoms with Gasteiger partial charge in [0.25, 0.3) is 0 Å². The number of nitrogens with zero attached hydrogens (tertiary/aromatic N) is 1. The summed E-state index contributed by atoms with van der Waals surface area (Å²) in [7, 11) is 4.17. The van der Waals surface area contributed by atoms with Crippen molar-refractivity contribution >= 4 is 11.6 Å². The standard InChI is InChI=1S/C14H22ClN/c1-6-11-7-13(10(2)3)14(15)8-12(11)9-16(4)5/h7-8,10H,6,9H2,1-5H3. The number of aryl methyl sites for hydroxylation is 1. The second kappa shape index (κ2) is 5.70. The van der Waals surface area contributed by atoms with Crippen molar-refractivity contribution in [3.8, 4) is 0 Å². The van der Waals surface area contributed by atoms with Crippen LogP contribution in [0.2, 0.25) is 5.02 Å². The highest BCUT2D eigenvalue weighted by molar-refractivity contribution is 6.31. The molecule has 0 aliphatic rings. The zero-order valence-electron chi connectivity index (χ0n) is 11.0. The van der Waals surface area contributed by atoms with Crippen LogP contribution in [-0.2, 0) is 13.0 Å². The minimum Gasteiger partial charge on any atom is -0.305 e. The Balaban J connectivity index is 3.15. The molecule has 0 amide bonds. The molecule has 1 aromatic carbocycles. The molecule has 0 aromatic heterocycles. The number of rotatable bonds is 4. The summed E-state index contributed by atoms with van der Waals surface area (Å²) in [4.78, 5) is 2.18. The van der Waals surface area contributed by atoms with Crippen molar-refractivity contribution in [2.24, 2.45) is 0 Å². The van der Waals surface area contributed by atoms with Crippen LogP contribution in [0.4, 0.5) is 0 Å². The highest BCUT2D eigenvalue weighted by Crippen LogP contribution is 2.28. The SMILES string of the molecule is CCc1cc(C(C)C)c(Cl)cc1CN(C)C. The third kappa shape index (κ3) is 3.23. The van der Waals surface area contributed by atoms with E-state index in [0.29, 0.717) is 5.92 Å². The summed E-state index contributed by atoms with van der Waals surface area (Å²) in [5.41, 5.74) is 4.03. The van der Waals surface area contributed by atoms with Crippen LogP contribution < -0.4 is 0 Å². The van der Waals surface area contributed by atoms with E-state index in [0.717, 1.165) is 18.0 Å². The van der Waals surface area contributed by atoms with Gasteiger partial charge in [0.05, 0.1) is 0 Å². The lowest BCUT2D eigenvalue weighted by atomic mass is 9.95. The molecule has 0 saturated heterocycles. The van der Waals surface area contributed by atoms with Crippen LogP contribution in [0, 0.1) is 0 Å². The molecule has 0 unspecified atom stereocenters. The Hall–Kier alpha value is -0.530. The van der Waals surface area contributed by atoms with Crippen molar-refractivity contribution < 1.29 is 0 Å². The first-order chi connectivity index (χ1) is 7.45. The van der Waals surface area contributed by atoms with Crippen molar-refractivity contribution in [3.63, 3.8) is 0 Å². The minimum absolute atomic E-state index is 0.492. The van der Waals surface area contributed by atoms with Crippen molar-refractivity contribution in [1.82, 2.24) is 4.90 Å². The van der Waals surface area contributed by atoms with Crippen molar-refractivity contribution in [2.45, 2.75) is 39.7 Å². The molecule has 0 heterocycles. The van der Waals surface area contributed by atoms with Gasteiger partial charge < -0.3 is 4.90 Å². The molecule has 0 aliphatic carbocycles. The van der Waals surface area contributed by atoms with E-state index < -0.39 is 0 Å². The van der Waals surface area contributed by atoms with Crippen molar-refractivity contribution in [1.29, 1.82) is 0 Å². The topological polar surface area (TPSA) is 3.24 Å². The van der Waals surface area contributed by atoms with Gasteiger partial charge >= 0.3 is 0 Å². The van der Waals surface area contributed by atoms with Crippen LogP contribution in [0.1, 0.15) is 43.4 Å². The van der Waals surface area contributed by atoms with E-state index in [1.165, 1.54) is 16.7 Å². The largest absolute Gasteiger partial charge is 0.305 e. The summed E-state index contributed by atoms with van der Waals surface area (Å²) in [6.45, 7) is 7.53. The number of hydrogen-bond donors (Lipinski definition) is 0. The fraction of sp³-hybridized carbons (Fsp3) is 0.571. The minimum atomic E-state index is 0.492. The molecular weight excluding hydrogens is 218 g/mol. The Labute approximate surface area is 104 Å². The van der Waals surface area contributed by atoms with E-state index in [-0.39, 0.29) is 0 Å². The fourth-order valence-electron chi connectivity index (χ4n) is 1.94. The van der Waals surface area contributed by atoms with Crippen LogP contribution in [0.5, 0.6) is 0 Å². The highest BCUT2D eigenvalue weighted by atomic mass is 35.5. The molecule has 0 radical (unpaired) electrons. The average molecular weight is 240 g/mol. The van der Waals surface area contributed by atoms with Crippen LogP contribution in [-0.4, -0.2) is 19.0 Å². The van der Waals surface area contributed by atoms with Gasteiger partial charge in [0.2, 0.25) is 0 Å². The van der Waals surface area contributed by atoms with Crippen LogP contribution in [0.15, 0.2) is 12.1 Å². The summed E-state index contributed by atoms with van der Waals surface area (Å²) in [5.74, 6) is 0.492.